The lowest BCUT2D eigenvalue weighted by Gasteiger charge is -2.28. The van der Waals surface area contributed by atoms with Crippen molar-refractivity contribution in [3.8, 4) is 0 Å². The van der Waals surface area contributed by atoms with Gasteiger partial charge in [-0.05, 0) is 31.7 Å². The fraction of sp³-hybridized carbons (Fsp3) is 0.611. The molecule has 1 heterocycles. The Morgan fingerprint density at radius 2 is 1.83 bits per heavy atom. The molecule has 3 N–H and O–H groups in total. The molecule has 4 atom stereocenters. The number of hydrogen-bond donors (Lipinski definition) is 3. The van der Waals surface area contributed by atoms with Crippen LogP contribution in [0.5, 0.6) is 0 Å². The van der Waals surface area contributed by atoms with Crippen LogP contribution in [0.3, 0.4) is 0 Å². The van der Waals surface area contributed by atoms with Crippen molar-refractivity contribution in [2.75, 3.05) is 13.2 Å². The first-order valence-electron chi connectivity index (χ1n) is 8.37. The zero-order valence-electron chi connectivity index (χ0n) is 13.4. The van der Waals surface area contributed by atoms with Crippen molar-refractivity contribution in [3.63, 3.8) is 0 Å². The van der Waals surface area contributed by atoms with E-state index in [1.807, 2.05) is 31.2 Å². The molecule has 2 fully saturated rings. The van der Waals surface area contributed by atoms with Gasteiger partial charge in [-0.3, -0.25) is 4.79 Å². The smallest absolute Gasteiger partial charge is 0.223 e. The monoisotopic (exact) mass is 319 g/mol. The van der Waals surface area contributed by atoms with Gasteiger partial charge in [0, 0.05) is 25.0 Å². The number of hydrogen-bond acceptors (Lipinski definition) is 4. The summed E-state index contributed by atoms with van der Waals surface area (Å²) < 4.78 is 5.29. The van der Waals surface area contributed by atoms with Crippen LogP contribution < -0.4 is 5.32 Å². The third kappa shape index (κ3) is 3.57. The van der Waals surface area contributed by atoms with Gasteiger partial charge in [0.05, 0.1) is 12.1 Å². The molecule has 1 saturated heterocycles. The second-order valence-electron chi connectivity index (χ2n) is 6.73. The SMILES string of the molecule is Cc1ccc([C@H]2C[C@@H](O)[C@@H](O)[C@@H]2NC(=O)C2CCOCC2)cc1. The quantitative estimate of drug-likeness (QED) is 0.780. The van der Waals surface area contributed by atoms with Crippen LogP contribution in [0, 0.1) is 12.8 Å². The minimum atomic E-state index is -0.926. The summed E-state index contributed by atoms with van der Waals surface area (Å²) in [6, 6.07) is 7.62. The van der Waals surface area contributed by atoms with E-state index in [9.17, 15) is 15.0 Å². The Bertz CT molecular complexity index is 538. The largest absolute Gasteiger partial charge is 0.390 e. The summed E-state index contributed by atoms with van der Waals surface area (Å²) in [4.78, 5) is 12.5. The van der Waals surface area contributed by atoms with Crippen LogP contribution in [0.1, 0.15) is 36.3 Å². The van der Waals surface area contributed by atoms with Crippen LogP contribution in [-0.2, 0) is 9.53 Å². The van der Waals surface area contributed by atoms with Gasteiger partial charge in [-0.15, -0.1) is 0 Å². The van der Waals surface area contributed by atoms with Crippen LogP contribution in [0.4, 0.5) is 0 Å². The fourth-order valence-corrected chi connectivity index (χ4v) is 3.61. The first kappa shape index (κ1) is 16.4. The molecule has 1 aromatic rings. The molecular formula is C18H25NO4. The van der Waals surface area contributed by atoms with E-state index in [4.69, 9.17) is 4.74 Å². The number of aliphatic hydroxyl groups is 2. The molecule has 23 heavy (non-hydrogen) atoms. The molecule has 1 aromatic carbocycles. The Labute approximate surface area is 136 Å². The van der Waals surface area contributed by atoms with Crippen molar-refractivity contribution in [1.29, 1.82) is 0 Å². The predicted octanol–water partition coefficient (Wildman–Crippen LogP) is 1.12. The van der Waals surface area contributed by atoms with Crippen LogP contribution in [-0.4, -0.2) is 47.6 Å². The topological polar surface area (TPSA) is 78.8 Å². The Morgan fingerprint density at radius 1 is 1.17 bits per heavy atom. The van der Waals surface area contributed by atoms with Crippen molar-refractivity contribution < 1.29 is 19.7 Å². The number of benzene rings is 1. The molecule has 2 aliphatic rings. The third-order valence-electron chi connectivity index (χ3n) is 5.10. The summed E-state index contributed by atoms with van der Waals surface area (Å²) in [5.74, 6) is -0.166. The van der Waals surface area contributed by atoms with Gasteiger partial charge in [-0.25, -0.2) is 0 Å². The van der Waals surface area contributed by atoms with Crippen LogP contribution in [0.25, 0.3) is 0 Å². The van der Waals surface area contributed by atoms with Crippen molar-refractivity contribution in [1.82, 2.24) is 5.32 Å². The molecule has 126 valence electrons. The standard InChI is InChI=1S/C18H25NO4/c1-11-2-4-12(5-3-11)14-10-15(20)17(21)16(14)19-18(22)13-6-8-23-9-7-13/h2-5,13-17,20-21H,6-10H2,1H3,(H,19,22)/t14-,15-,16-,17-/m1/s1. The molecule has 0 unspecified atom stereocenters. The summed E-state index contributed by atoms with van der Waals surface area (Å²) in [6.45, 7) is 3.23. The minimum Gasteiger partial charge on any atom is -0.390 e. The summed E-state index contributed by atoms with van der Waals surface area (Å²) in [7, 11) is 0. The zero-order chi connectivity index (χ0) is 16.4. The van der Waals surface area contributed by atoms with E-state index in [0.717, 1.165) is 11.1 Å². The molecule has 0 aromatic heterocycles. The van der Waals surface area contributed by atoms with E-state index in [2.05, 4.69) is 5.32 Å². The van der Waals surface area contributed by atoms with E-state index in [1.165, 1.54) is 0 Å². The van der Waals surface area contributed by atoms with Crippen molar-refractivity contribution in [2.45, 2.75) is 50.4 Å². The Kier molecular flexibility index (Phi) is 4.99. The Hall–Kier alpha value is -1.43. The molecule has 5 nitrogen and oxygen atoms in total. The van der Waals surface area contributed by atoms with Gasteiger partial charge in [0.2, 0.25) is 5.91 Å². The second kappa shape index (κ2) is 6.99. The van der Waals surface area contributed by atoms with Crippen LogP contribution >= 0.6 is 0 Å². The maximum absolute atomic E-state index is 12.5. The van der Waals surface area contributed by atoms with Crippen molar-refractivity contribution >= 4 is 5.91 Å². The molecule has 5 heteroatoms. The predicted molar refractivity (Wildman–Crippen MR) is 86.0 cm³/mol. The summed E-state index contributed by atoms with van der Waals surface area (Å²) >= 11 is 0. The molecule has 1 amide bonds. The van der Waals surface area contributed by atoms with Crippen LogP contribution in [0.15, 0.2) is 24.3 Å². The maximum atomic E-state index is 12.5. The average molecular weight is 319 g/mol. The van der Waals surface area contributed by atoms with E-state index >= 15 is 0 Å². The number of carbonyl (C=O) groups is 1. The number of carbonyl (C=O) groups excluding carboxylic acids is 1. The van der Waals surface area contributed by atoms with Gasteiger partial charge >= 0.3 is 0 Å². The van der Waals surface area contributed by atoms with Gasteiger partial charge in [-0.2, -0.15) is 0 Å². The molecule has 1 aliphatic heterocycles. The zero-order valence-corrected chi connectivity index (χ0v) is 13.4. The molecule has 0 bridgehead atoms. The van der Waals surface area contributed by atoms with E-state index in [1.54, 1.807) is 0 Å². The number of amides is 1. The van der Waals surface area contributed by atoms with Gasteiger partial charge < -0.3 is 20.3 Å². The number of rotatable bonds is 3. The first-order chi connectivity index (χ1) is 11.1. The lowest BCUT2D eigenvalue weighted by Crippen LogP contribution is -2.48. The molecule has 1 saturated carbocycles. The molecule has 3 rings (SSSR count). The third-order valence-corrected chi connectivity index (χ3v) is 5.10. The minimum absolute atomic E-state index is 0.0384. The lowest BCUT2D eigenvalue weighted by atomic mass is 9.91. The van der Waals surface area contributed by atoms with Crippen molar-refractivity contribution in [3.05, 3.63) is 35.4 Å². The van der Waals surface area contributed by atoms with E-state index in [-0.39, 0.29) is 17.7 Å². The number of aliphatic hydroxyl groups excluding tert-OH is 2. The number of aryl methyl sites for hydroxylation is 1. The summed E-state index contributed by atoms with van der Waals surface area (Å²) in [5, 5.41) is 23.3. The van der Waals surface area contributed by atoms with Gasteiger partial charge in [0.15, 0.2) is 0 Å². The fourth-order valence-electron chi connectivity index (χ4n) is 3.61. The number of nitrogens with one attached hydrogen (secondary N) is 1. The normalized spacial score (nSPS) is 32.0. The van der Waals surface area contributed by atoms with Gasteiger partial charge in [0.25, 0.3) is 0 Å². The highest BCUT2D eigenvalue weighted by atomic mass is 16.5. The Morgan fingerprint density at radius 3 is 2.48 bits per heavy atom. The first-order valence-corrected chi connectivity index (χ1v) is 8.37. The average Bonchev–Trinajstić information content (AvgIpc) is 2.85. The highest BCUT2D eigenvalue weighted by molar-refractivity contribution is 5.79. The van der Waals surface area contributed by atoms with Crippen LogP contribution in [0.2, 0.25) is 0 Å². The van der Waals surface area contributed by atoms with E-state index in [0.29, 0.717) is 32.5 Å². The van der Waals surface area contributed by atoms with Gasteiger partial charge in [-0.1, -0.05) is 29.8 Å². The highest BCUT2D eigenvalue weighted by Gasteiger charge is 2.43. The summed E-state index contributed by atoms with van der Waals surface area (Å²) in [5.41, 5.74) is 2.21. The highest BCUT2D eigenvalue weighted by Crippen LogP contribution is 2.35. The summed E-state index contributed by atoms with van der Waals surface area (Å²) in [6.07, 6.45) is 0.160. The molecule has 0 spiro atoms. The molecular weight excluding hydrogens is 294 g/mol. The number of ether oxygens (including phenoxy) is 1. The van der Waals surface area contributed by atoms with E-state index < -0.39 is 18.2 Å². The van der Waals surface area contributed by atoms with Crippen molar-refractivity contribution in [2.24, 2.45) is 5.92 Å². The van der Waals surface area contributed by atoms with Gasteiger partial charge in [0.1, 0.15) is 6.10 Å². The maximum Gasteiger partial charge on any atom is 0.223 e. The second-order valence-corrected chi connectivity index (χ2v) is 6.73. The molecule has 0 radical (unpaired) electrons. The Balaban J connectivity index is 1.73. The lowest BCUT2D eigenvalue weighted by molar-refractivity contribution is -0.129. The molecule has 1 aliphatic carbocycles.